The topological polar surface area (TPSA) is 93.2 Å². The Morgan fingerprint density at radius 3 is 1.44 bits per heavy atom. The van der Waals surface area contributed by atoms with Crippen molar-refractivity contribution in [3.8, 4) is 0 Å². The molecule has 8 nitrogen and oxygen atoms in total. The number of amides is 4. The SMILES string of the molecule is O=C1c2ccccc2C(=O)N1OC[C@@H](ON1C(=O)c2ccccc2C1=O)c1ccccc1. The molecule has 32 heavy (non-hydrogen) atoms. The maximum Gasteiger partial charge on any atom is 0.285 e. The average molecular weight is 428 g/mol. The Kier molecular flexibility index (Phi) is 4.85. The molecule has 0 radical (unpaired) electrons. The number of hydroxylamine groups is 4. The first-order valence-corrected chi connectivity index (χ1v) is 9.86. The minimum absolute atomic E-state index is 0.241. The Bertz CT molecular complexity index is 1190. The Labute approximate surface area is 182 Å². The van der Waals surface area contributed by atoms with Crippen LogP contribution in [0.5, 0.6) is 0 Å². The lowest BCUT2D eigenvalue weighted by atomic mass is 10.1. The van der Waals surface area contributed by atoms with Gasteiger partial charge in [-0.3, -0.25) is 28.9 Å². The summed E-state index contributed by atoms with van der Waals surface area (Å²) in [6.45, 7) is -0.289. The van der Waals surface area contributed by atoms with Gasteiger partial charge in [-0.05, 0) is 29.8 Å². The third-order valence-corrected chi connectivity index (χ3v) is 5.27. The van der Waals surface area contributed by atoms with Crippen LogP contribution in [0.15, 0.2) is 78.9 Å². The first-order valence-electron chi connectivity index (χ1n) is 9.86. The molecule has 5 rings (SSSR count). The molecule has 0 N–H and O–H groups in total. The number of rotatable bonds is 6. The van der Waals surface area contributed by atoms with E-state index in [1.807, 2.05) is 0 Å². The van der Waals surface area contributed by atoms with Crippen molar-refractivity contribution >= 4 is 23.6 Å². The highest BCUT2D eigenvalue weighted by atomic mass is 16.7. The van der Waals surface area contributed by atoms with Crippen molar-refractivity contribution in [3.05, 3.63) is 107 Å². The number of benzene rings is 3. The van der Waals surface area contributed by atoms with E-state index >= 15 is 0 Å². The number of hydrogen-bond acceptors (Lipinski definition) is 6. The maximum absolute atomic E-state index is 12.7. The zero-order valence-corrected chi connectivity index (χ0v) is 16.6. The number of nitrogens with zero attached hydrogens (tertiary/aromatic N) is 2. The van der Waals surface area contributed by atoms with E-state index in [0.29, 0.717) is 15.7 Å². The zero-order chi connectivity index (χ0) is 22.2. The standard InChI is InChI=1S/C24H16N2O6/c27-21-16-10-4-5-11-17(16)22(28)25(21)31-14-20(15-8-2-1-3-9-15)32-26-23(29)18-12-6-7-13-19(18)24(26)30/h1-13,20H,14H2/t20-/m1/s1. The molecule has 2 aliphatic heterocycles. The van der Waals surface area contributed by atoms with E-state index < -0.39 is 29.7 Å². The summed E-state index contributed by atoms with van der Waals surface area (Å²) in [5, 5.41) is 1.36. The zero-order valence-electron chi connectivity index (χ0n) is 16.6. The fourth-order valence-electron chi connectivity index (χ4n) is 3.67. The number of imide groups is 2. The Hall–Kier alpha value is -4.14. The second-order valence-electron chi connectivity index (χ2n) is 7.20. The second kappa shape index (κ2) is 7.84. The maximum atomic E-state index is 12.7. The van der Waals surface area contributed by atoms with Crippen LogP contribution in [-0.4, -0.2) is 40.4 Å². The van der Waals surface area contributed by atoms with Gasteiger partial charge >= 0.3 is 0 Å². The van der Waals surface area contributed by atoms with Crippen LogP contribution in [0.2, 0.25) is 0 Å². The van der Waals surface area contributed by atoms with Crippen LogP contribution in [0.25, 0.3) is 0 Å². The van der Waals surface area contributed by atoms with Crippen LogP contribution >= 0.6 is 0 Å². The molecule has 0 unspecified atom stereocenters. The normalized spacial score (nSPS) is 15.9. The molecule has 0 aromatic heterocycles. The van der Waals surface area contributed by atoms with Crippen molar-refractivity contribution < 1.29 is 28.9 Å². The molecule has 0 aliphatic carbocycles. The van der Waals surface area contributed by atoms with Crippen molar-refractivity contribution in [2.24, 2.45) is 0 Å². The first-order chi connectivity index (χ1) is 15.6. The van der Waals surface area contributed by atoms with Gasteiger partial charge in [-0.25, -0.2) is 0 Å². The second-order valence-corrected chi connectivity index (χ2v) is 7.20. The molecular weight excluding hydrogens is 412 g/mol. The third-order valence-electron chi connectivity index (χ3n) is 5.27. The van der Waals surface area contributed by atoms with Gasteiger partial charge in [0.2, 0.25) is 0 Å². The van der Waals surface area contributed by atoms with Crippen molar-refractivity contribution in [3.63, 3.8) is 0 Å². The highest BCUT2D eigenvalue weighted by molar-refractivity contribution is 6.21. The molecule has 1 atom stereocenters. The van der Waals surface area contributed by atoms with E-state index in [1.54, 1.807) is 78.9 Å². The lowest BCUT2D eigenvalue weighted by molar-refractivity contribution is -0.184. The molecule has 2 aliphatic rings. The minimum atomic E-state index is -0.942. The monoisotopic (exact) mass is 428 g/mol. The van der Waals surface area contributed by atoms with Crippen LogP contribution in [0, 0.1) is 0 Å². The molecule has 0 bridgehead atoms. The lowest BCUT2D eigenvalue weighted by Gasteiger charge is -2.24. The highest BCUT2D eigenvalue weighted by Crippen LogP contribution is 2.29. The lowest BCUT2D eigenvalue weighted by Crippen LogP contribution is -2.36. The molecule has 3 aromatic rings. The Morgan fingerprint density at radius 1 is 0.562 bits per heavy atom. The van der Waals surface area contributed by atoms with Gasteiger partial charge < -0.3 is 0 Å². The summed E-state index contributed by atoms with van der Waals surface area (Å²) in [7, 11) is 0. The number of hydrogen-bond donors (Lipinski definition) is 0. The van der Waals surface area contributed by atoms with E-state index in [4.69, 9.17) is 9.68 Å². The number of fused-ring (bicyclic) bond motifs is 2. The van der Waals surface area contributed by atoms with Gasteiger partial charge in [-0.1, -0.05) is 54.6 Å². The molecule has 8 heteroatoms. The molecule has 0 saturated heterocycles. The first kappa shape index (κ1) is 19.8. The molecular formula is C24H16N2O6. The van der Waals surface area contributed by atoms with E-state index in [-0.39, 0.29) is 28.9 Å². The Balaban J connectivity index is 1.38. The molecule has 0 spiro atoms. The van der Waals surface area contributed by atoms with Crippen LogP contribution in [0.3, 0.4) is 0 Å². The van der Waals surface area contributed by atoms with Crippen LogP contribution in [0.4, 0.5) is 0 Å². The summed E-state index contributed by atoms with van der Waals surface area (Å²) >= 11 is 0. The van der Waals surface area contributed by atoms with Crippen LogP contribution in [-0.2, 0) is 9.68 Å². The fourth-order valence-corrected chi connectivity index (χ4v) is 3.67. The van der Waals surface area contributed by atoms with Crippen molar-refractivity contribution in [1.29, 1.82) is 0 Å². The van der Waals surface area contributed by atoms with Gasteiger partial charge in [-0.2, -0.15) is 0 Å². The van der Waals surface area contributed by atoms with Crippen molar-refractivity contribution in [2.45, 2.75) is 6.10 Å². The molecule has 158 valence electrons. The molecule has 3 aromatic carbocycles. The summed E-state index contributed by atoms with van der Waals surface area (Å²) in [4.78, 5) is 61.9. The predicted molar refractivity (Wildman–Crippen MR) is 110 cm³/mol. The fraction of sp³-hybridized carbons (Fsp3) is 0.0833. The van der Waals surface area contributed by atoms with Gasteiger partial charge in [-0.15, -0.1) is 10.1 Å². The van der Waals surface area contributed by atoms with Gasteiger partial charge in [0, 0.05) is 0 Å². The minimum Gasteiger partial charge on any atom is -0.266 e. The largest absolute Gasteiger partial charge is 0.285 e. The van der Waals surface area contributed by atoms with E-state index in [9.17, 15) is 19.2 Å². The molecule has 0 fully saturated rings. The smallest absolute Gasteiger partial charge is 0.266 e. The number of carbonyl (C=O) groups excluding carboxylic acids is 4. The third kappa shape index (κ3) is 3.18. The van der Waals surface area contributed by atoms with Gasteiger partial charge in [0.05, 0.1) is 22.3 Å². The van der Waals surface area contributed by atoms with E-state index in [0.717, 1.165) is 0 Å². The quantitative estimate of drug-likeness (QED) is 0.560. The van der Waals surface area contributed by atoms with Gasteiger partial charge in [0.1, 0.15) is 12.7 Å². The van der Waals surface area contributed by atoms with E-state index in [2.05, 4.69) is 0 Å². The molecule has 0 saturated carbocycles. The van der Waals surface area contributed by atoms with Crippen molar-refractivity contribution in [2.75, 3.05) is 6.61 Å². The van der Waals surface area contributed by atoms with E-state index in [1.165, 1.54) is 0 Å². The summed E-state index contributed by atoms with van der Waals surface area (Å²) < 4.78 is 0. The van der Waals surface area contributed by atoms with Gasteiger partial charge in [0.15, 0.2) is 0 Å². The molecule has 2 heterocycles. The van der Waals surface area contributed by atoms with Crippen LogP contribution in [0.1, 0.15) is 53.1 Å². The van der Waals surface area contributed by atoms with Crippen molar-refractivity contribution in [1.82, 2.24) is 10.1 Å². The summed E-state index contributed by atoms with van der Waals surface area (Å²) in [6.07, 6.45) is -0.942. The van der Waals surface area contributed by atoms with Gasteiger partial charge in [0.25, 0.3) is 23.6 Å². The summed E-state index contributed by atoms with van der Waals surface area (Å²) in [5.74, 6) is -2.35. The average Bonchev–Trinajstić information content (AvgIpc) is 3.22. The number of carbonyl (C=O) groups is 4. The molecule has 4 amide bonds. The predicted octanol–water partition coefficient (Wildman–Crippen LogP) is 3.18. The summed E-state index contributed by atoms with van der Waals surface area (Å²) in [6, 6.07) is 21.6. The summed E-state index contributed by atoms with van der Waals surface area (Å²) in [5.41, 5.74) is 1.57. The highest BCUT2D eigenvalue weighted by Gasteiger charge is 2.40. The van der Waals surface area contributed by atoms with Crippen LogP contribution < -0.4 is 0 Å². The Morgan fingerprint density at radius 2 is 0.969 bits per heavy atom.